The number of carbonyl (C=O) groups excluding carboxylic acids is 3. The van der Waals surface area contributed by atoms with Gasteiger partial charge in [0.15, 0.2) is 0 Å². The van der Waals surface area contributed by atoms with Crippen LogP contribution in [0.15, 0.2) is 30.5 Å². The lowest BCUT2D eigenvalue weighted by Gasteiger charge is -2.57. The summed E-state index contributed by atoms with van der Waals surface area (Å²) in [6.07, 6.45) is 11.3. The molecule has 6 heteroatoms. The number of hydrogen-bond donors (Lipinski definition) is 0. The van der Waals surface area contributed by atoms with Crippen LogP contribution in [0.2, 0.25) is 0 Å². The molecule has 5 fully saturated rings. The summed E-state index contributed by atoms with van der Waals surface area (Å²) in [5, 5.41) is 0. The van der Waals surface area contributed by atoms with Crippen LogP contribution in [0.4, 0.5) is 0 Å². The molecule has 1 atom stereocenters. The van der Waals surface area contributed by atoms with Crippen molar-refractivity contribution in [1.82, 2.24) is 14.7 Å². The minimum absolute atomic E-state index is 0.0586. The van der Waals surface area contributed by atoms with E-state index in [9.17, 15) is 14.4 Å². The monoisotopic (exact) mass is 461 g/mol. The number of rotatable bonds is 3. The van der Waals surface area contributed by atoms with Gasteiger partial charge in [-0.3, -0.25) is 14.4 Å². The van der Waals surface area contributed by atoms with Gasteiger partial charge in [0, 0.05) is 39.3 Å². The smallest absolute Gasteiger partial charge is 0.228 e. The highest BCUT2D eigenvalue weighted by molar-refractivity contribution is 5.84. The van der Waals surface area contributed by atoms with Crippen LogP contribution >= 0.6 is 0 Å². The molecule has 34 heavy (non-hydrogen) atoms. The Labute approximate surface area is 202 Å². The Morgan fingerprint density at radius 2 is 1.47 bits per heavy atom. The average molecular weight is 462 g/mol. The van der Waals surface area contributed by atoms with Gasteiger partial charge in [0.05, 0.1) is 17.9 Å². The van der Waals surface area contributed by atoms with Gasteiger partial charge in [-0.05, 0) is 73.5 Å². The Balaban J connectivity index is 1.10. The number of hydrogen-bond acceptors (Lipinski definition) is 3. The standard InChI is InChI=1S/C28H35N3O3/c1-19(32)31-7-6-23-4-2-3-5-24(23)25(31)15-26(33)29-8-10-30(11-9-29)27(34)28-16-20-12-21(17-28)14-22(13-20)18-28/h2-7,20-22,25H,8-18H2,1H3. The van der Waals surface area contributed by atoms with E-state index in [-0.39, 0.29) is 29.7 Å². The number of nitrogens with zero attached hydrogens (tertiary/aromatic N) is 3. The first-order valence-electron chi connectivity index (χ1n) is 13.0. The van der Waals surface area contributed by atoms with Gasteiger partial charge in [0.1, 0.15) is 0 Å². The number of amides is 3. The van der Waals surface area contributed by atoms with Crippen LogP contribution < -0.4 is 0 Å². The zero-order valence-electron chi connectivity index (χ0n) is 20.1. The fourth-order valence-electron chi connectivity index (χ4n) is 8.07. The van der Waals surface area contributed by atoms with Crippen LogP contribution in [0.3, 0.4) is 0 Å². The molecule has 6 nitrogen and oxygen atoms in total. The van der Waals surface area contributed by atoms with E-state index in [1.807, 2.05) is 35.2 Å². The Morgan fingerprint density at radius 3 is 2.09 bits per heavy atom. The molecule has 6 aliphatic rings. The van der Waals surface area contributed by atoms with E-state index >= 15 is 0 Å². The molecule has 2 heterocycles. The lowest BCUT2D eigenvalue weighted by atomic mass is 9.49. The van der Waals surface area contributed by atoms with Gasteiger partial charge in [0.2, 0.25) is 17.7 Å². The van der Waals surface area contributed by atoms with Crippen molar-refractivity contribution in [3.63, 3.8) is 0 Å². The second-order valence-corrected chi connectivity index (χ2v) is 11.5. The van der Waals surface area contributed by atoms with Crippen LogP contribution in [-0.2, 0) is 14.4 Å². The van der Waals surface area contributed by atoms with Crippen molar-refractivity contribution >= 4 is 23.8 Å². The molecule has 0 radical (unpaired) electrons. The number of fused-ring (bicyclic) bond motifs is 1. The van der Waals surface area contributed by atoms with Gasteiger partial charge in [-0.15, -0.1) is 0 Å². The molecule has 4 aliphatic carbocycles. The molecule has 7 rings (SSSR count). The van der Waals surface area contributed by atoms with Gasteiger partial charge in [-0.25, -0.2) is 0 Å². The first-order valence-corrected chi connectivity index (χ1v) is 13.0. The average Bonchev–Trinajstić information content (AvgIpc) is 2.83. The van der Waals surface area contributed by atoms with E-state index in [2.05, 4.69) is 4.90 Å². The largest absolute Gasteiger partial charge is 0.339 e. The lowest BCUT2D eigenvalue weighted by Crippen LogP contribution is -2.58. The fraction of sp³-hybridized carbons (Fsp3) is 0.607. The molecule has 1 unspecified atom stereocenters. The van der Waals surface area contributed by atoms with Crippen molar-refractivity contribution in [1.29, 1.82) is 0 Å². The molecule has 3 amide bonds. The van der Waals surface area contributed by atoms with E-state index < -0.39 is 0 Å². The van der Waals surface area contributed by atoms with Gasteiger partial charge in [0.25, 0.3) is 0 Å². The summed E-state index contributed by atoms with van der Waals surface area (Å²) >= 11 is 0. The molecular weight excluding hydrogens is 426 g/mol. The molecule has 2 aliphatic heterocycles. The Morgan fingerprint density at radius 1 is 0.882 bits per heavy atom. The SMILES string of the molecule is CC(=O)N1C=Cc2ccccc2C1CC(=O)N1CCN(C(=O)C23CC4CC(CC(C4)C2)C3)CC1. The van der Waals surface area contributed by atoms with Crippen molar-refractivity contribution in [2.24, 2.45) is 23.2 Å². The second-order valence-electron chi connectivity index (χ2n) is 11.5. The highest BCUT2D eigenvalue weighted by Gasteiger charge is 2.55. The summed E-state index contributed by atoms with van der Waals surface area (Å²) in [4.78, 5) is 44.9. The van der Waals surface area contributed by atoms with Crippen LogP contribution in [0.5, 0.6) is 0 Å². The van der Waals surface area contributed by atoms with Crippen LogP contribution in [-0.4, -0.2) is 58.6 Å². The van der Waals surface area contributed by atoms with Gasteiger partial charge in [-0.1, -0.05) is 24.3 Å². The molecule has 0 N–H and O–H groups in total. The van der Waals surface area contributed by atoms with Crippen LogP contribution in [0.1, 0.15) is 69.0 Å². The second kappa shape index (κ2) is 8.24. The Hall–Kier alpha value is -2.63. The Kier molecular flexibility index (Phi) is 5.30. The predicted molar refractivity (Wildman–Crippen MR) is 129 cm³/mol. The zero-order valence-corrected chi connectivity index (χ0v) is 20.1. The lowest BCUT2D eigenvalue weighted by molar-refractivity contribution is -0.160. The normalized spacial score (nSPS) is 33.7. The third-order valence-corrected chi connectivity index (χ3v) is 9.25. The number of carbonyl (C=O) groups is 3. The first-order chi connectivity index (χ1) is 16.4. The molecule has 1 saturated heterocycles. The number of piperazine rings is 1. The predicted octanol–water partition coefficient (Wildman–Crippen LogP) is 3.84. The quantitative estimate of drug-likeness (QED) is 0.687. The minimum atomic E-state index is -0.280. The van der Waals surface area contributed by atoms with E-state index in [0.717, 1.165) is 48.1 Å². The van der Waals surface area contributed by atoms with Crippen molar-refractivity contribution < 1.29 is 14.4 Å². The van der Waals surface area contributed by atoms with Crippen molar-refractivity contribution in [3.05, 3.63) is 41.6 Å². The minimum Gasteiger partial charge on any atom is -0.339 e. The summed E-state index contributed by atoms with van der Waals surface area (Å²) in [7, 11) is 0. The summed E-state index contributed by atoms with van der Waals surface area (Å²) in [6, 6.07) is 7.69. The molecule has 0 aromatic heterocycles. The van der Waals surface area contributed by atoms with Crippen molar-refractivity contribution in [3.8, 4) is 0 Å². The summed E-state index contributed by atoms with van der Waals surface area (Å²) in [6.45, 7) is 3.97. The highest BCUT2D eigenvalue weighted by Crippen LogP contribution is 2.60. The summed E-state index contributed by atoms with van der Waals surface area (Å²) in [5.41, 5.74) is 1.97. The van der Waals surface area contributed by atoms with E-state index in [4.69, 9.17) is 0 Å². The van der Waals surface area contributed by atoms with Crippen molar-refractivity contribution in [2.75, 3.05) is 26.2 Å². The first kappa shape index (κ1) is 21.9. The Bertz CT molecular complexity index is 1000. The summed E-state index contributed by atoms with van der Waals surface area (Å²) < 4.78 is 0. The van der Waals surface area contributed by atoms with Gasteiger partial charge in [-0.2, -0.15) is 0 Å². The molecular formula is C28H35N3O3. The zero-order chi connectivity index (χ0) is 23.4. The molecule has 1 aromatic rings. The highest BCUT2D eigenvalue weighted by atomic mass is 16.2. The third kappa shape index (κ3) is 3.66. The van der Waals surface area contributed by atoms with Crippen molar-refractivity contribution in [2.45, 2.75) is 57.9 Å². The van der Waals surface area contributed by atoms with E-state index in [1.165, 1.54) is 19.3 Å². The van der Waals surface area contributed by atoms with Crippen LogP contribution in [0.25, 0.3) is 6.08 Å². The topological polar surface area (TPSA) is 60.9 Å². The number of benzene rings is 1. The molecule has 1 aromatic carbocycles. The van der Waals surface area contributed by atoms with E-state index in [0.29, 0.717) is 32.1 Å². The third-order valence-electron chi connectivity index (χ3n) is 9.25. The maximum absolute atomic E-state index is 13.7. The fourth-order valence-corrected chi connectivity index (χ4v) is 8.07. The molecule has 4 saturated carbocycles. The maximum atomic E-state index is 13.7. The van der Waals surface area contributed by atoms with Gasteiger partial charge >= 0.3 is 0 Å². The van der Waals surface area contributed by atoms with Crippen LogP contribution in [0, 0.1) is 23.2 Å². The maximum Gasteiger partial charge on any atom is 0.228 e. The van der Waals surface area contributed by atoms with Gasteiger partial charge < -0.3 is 14.7 Å². The molecule has 180 valence electrons. The van der Waals surface area contributed by atoms with E-state index in [1.54, 1.807) is 18.0 Å². The molecule has 0 spiro atoms. The summed E-state index contributed by atoms with van der Waals surface area (Å²) in [5.74, 6) is 2.64. The molecule has 4 bridgehead atoms.